The van der Waals surface area contributed by atoms with Gasteiger partial charge in [-0.1, -0.05) is 0 Å². The van der Waals surface area contributed by atoms with Gasteiger partial charge < -0.3 is 0 Å². The van der Waals surface area contributed by atoms with Crippen LogP contribution in [0.3, 0.4) is 0 Å². The van der Waals surface area contributed by atoms with Crippen molar-refractivity contribution < 1.29 is 0 Å². The van der Waals surface area contributed by atoms with Crippen molar-refractivity contribution in [1.82, 2.24) is 0 Å². The Kier molecular flexibility index (Phi) is 8.64. The van der Waals surface area contributed by atoms with Crippen LogP contribution in [0.1, 0.15) is 52.4 Å². The summed E-state index contributed by atoms with van der Waals surface area (Å²) in [5.74, 6) is 0. The van der Waals surface area contributed by atoms with Crippen molar-refractivity contribution in [2.75, 3.05) is 0 Å². The molecule has 0 fully saturated rings. The zero-order chi connectivity index (χ0) is 10.2. The molecule has 0 radical (unpaired) electrons. The summed E-state index contributed by atoms with van der Waals surface area (Å²) in [5.41, 5.74) is 0. The molecule has 13 heavy (non-hydrogen) atoms. The van der Waals surface area contributed by atoms with Crippen LogP contribution in [0.15, 0.2) is 0 Å². The van der Waals surface area contributed by atoms with Gasteiger partial charge in [0.1, 0.15) is 0 Å². The van der Waals surface area contributed by atoms with E-state index in [2.05, 4.69) is 23.7 Å². The van der Waals surface area contributed by atoms with Gasteiger partial charge >= 0.3 is 89.5 Å². The molecule has 0 aliphatic heterocycles. The Morgan fingerprint density at radius 1 is 0.692 bits per heavy atom. The van der Waals surface area contributed by atoms with E-state index >= 15 is 0 Å². The fourth-order valence-electron chi connectivity index (χ4n) is 1.83. The van der Waals surface area contributed by atoms with Gasteiger partial charge in [0.25, 0.3) is 0 Å². The van der Waals surface area contributed by atoms with Crippen LogP contribution in [-0.4, -0.2) is 18.4 Å². The molecule has 0 N–H and O–H groups in total. The van der Waals surface area contributed by atoms with Crippen LogP contribution in [0.5, 0.6) is 0 Å². The molecule has 1 heteroatoms. The summed E-state index contributed by atoms with van der Waals surface area (Å²) in [6, 6.07) is 0. The van der Waals surface area contributed by atoms with E-state index in [1.165, 1.54) is 38.5 Å². The number of hydrogen-bond donors (Lipinski definition) is 0. The molecule has 0 aliphatic carbocycles. The fraction of sp³-hybridized carbons (Fsp3) is 1.00. The van der Waals surface area contributed by atoms with E-state index in [1.807, 2.05) is 0 Å². The first kappa shape index (κ1) is 13.8. The second kappa shape index (κ2) is 8.14. The normalized spacial score (nSPS) is 12.0. The first-order chi connectivity index (χ1) is 6.12. The van der Waals surface area contributed by atoms with Crippen molar-refractivity contribution in [3.63, 3.8) is 0 Å². The van der Waals surface area contributed by atoms with Gasteiger partial charge in [-0.25, -0.2) is 0 Å². The molecule has 0 amide bonds. The molecule has 0 aromatic rings. The summed E-state index contributed by atoms with van der Waals surface area (Å²) in [7, 11) is 0. The number of unbranched alkanes of at least 4 members (excludes halogenated alkanes) is 4. The molecule has 0 aromatic carbocycles. The standard InChI is InChI=1S/2C5H11.2CH3.Sn/c2*1-3-5-4-2;;;/h2*1,3-5H2,2H3;2*1H3;. The van der Waals surface area contributed by atoms with E-state index in [0.717, 1.165) is 0 Å². The molecule has 0 saturated carbocycles. The Balaban J connectivity index is 3.42. The third kappa shape index (κ3) is 9.11. The maximum absolute atomic E-state index is 2.64. The van der Waals surface area contributed by atoms with Gasteiger partial charge in [0, 0.05) is 0 Å². The van der Waals surface area contributed by atoms with Crippen molar-refractivity contribution in [1.29, 1.82) is 0 Å². The predicted octanol–water partition coefficient (Wildman–Crippen LogP) is 5.08. The van der Waals surface area contributed by atoms with Crippen molar-refractivity contribution in [3.8, 4) is 0 Å². The fourth-order valence-corrected chi connectivity index (χ4v) is 9.44. The third-order valence-corrected chi connectivity index (χ3v) is 12.7. The van der Waals surface area contributed by atoms with Crippen molar-refractivity contribution in [3.05, 3.63) is 0 Å². The van der Waals surface area contributed by atoms with Gasteiger partial charge in [0.05, 0.1) is 0 Å². The van der Waals surface area contributed by atoms with Crippen LogP contribution in [0.2, 0.25) is 18.8 Å². The molecule has 0 rings (SSSR count). The SMILES string of the molecule is CCCC[CH2][Sn]([CH3])([CH3])[CH2]CCCC. The summed E-state index contributed by atoms with van der Waals surface area (Å²) in [6.07, 6.45) is 8.74. The van der Waals surface area contributed by atoms with E-state index in [-0.39, 0.29) is 0 Å². The van der Waals surface area contributed by atoms with Gasteiger partial charge in [0.15, 0.2) is 0 Å². The molecule has 0 unspecified atom stereocenters. The molecular weight excluding hydrogens is 263 g/mol. The Morgan fingerprint density at radius 3 is 1.38 bits per heavy atom. The second-order valence-corrected chi connectivity index (χ2v) is 20.3. The van der Waals surface area contributed by atoms with Crippen molar-refractivity contribution in [2.24, 2.45) is 0 Å². The number of hydrogen-bond acceptors (Lipinski definition) is 0. The van der Waals surface area contributed by atoms with Crippen LogP contribution in [0.4, 0.5) is 0 Å². The van der Waals surface area contributed by atoms with Crippen LogP contribution in [-0.2, 0) is 0 Å². The molecule has 80 valence electrons. The maximum atomic E-state index is 2.64. The van der Waals surface area contributed by atoms with Crippen LogP contribution in [0, 0.1) is 0 Å². The quantitative estimate of drug-likeness (QED) is 0.432. The molecule has 0 saturated heterocycles. The van der Waals surface area contributed by atoms with Crippen molar-refractivity contribution in [2.45, 2.75) is 71.1 Å². The molecule has 0 aromatic heterocycles. The second-order valence-electron chi connectivity index (χ2n) is 5.08. The van der Waals surface area contributed by atoms with Gasteiger partial charge in [-0.05, 0) is 0 Å². The van der Waals surface area contributed by atoms with E-state index in [4.69, 9.17) is 0 Å². The monoisotopic (exact) mass is 292 g/mol. The molecule has 0 bridgehead atoms. The molecule has 0 spiro atoms. The van der Waals surface area contributed by atoms with E-state index in [1.54, 1.807) is 8.87 Å². The van der Waals surface area contributed by atoms with Crippen molar-refractivity contribution >= 4 is 18.4 Å². The minimum absolute atomic E-state index is 1.39. The zero-order valence-corrected chi connectivity index (χ0v) is 13.0. The predicted molar refractivity (Wildman–Crippen MR) is 66.1 cm³/mol. The van der Waals surface area contributed by atoms with Crippen LogP contribution in [0.25, 0.3) is 0 Å². The van der Waals surface area contributed by atoms with Crippen LogP contribution >= 0.6 is 0 Å². The van der Waals surface area contributed by atoms with Gasteiger partial charge in [-0.15, -0.1) is 0 Å². The average molecular weight is 291 g/mol. The molecule has 0 nitrogen and oxygen atoms in total. The summed E-state index contributed by atoms with van der Waals surface area (Å²) in [6.45, 7) is 4.61. The Morgan fingerprint density at radius 2 is 1.08 bits per heavy atom. The molecule has 0 aliphatic rings. The molecular formula is C12H28Sn. The van der Waals surface area contributed by atoms with Gasteiger partial charge in [-0.2, -0.15) is 0 Å². The van der Waals surface area contributed by atoms with E-state index in [9.17, 15) is 0 Å². The topological polar surface area (TPSA) is 0 Å². The average Bonchev–Trinajstić information content (AvgIpc) is 2.05. The summed E-state index contributed by atoms with van der Waals surface area (Å²) in [4.78, 5) is 5.28. The molecule has 0 heterocycles. The number of rotatable bonds is 8. The summed E-state index contributed by atoms with van der Waals surface area (Å²) in [5, 5.41) is 0. The Bertz CT molecular complexity index is 95.7. The zero-order valence-electron chi connectivity index (χ0n) is 10.2. The first-order valence-corrected chi connectivity index (χ1v) is 15.9. The van der Waals surface area contributed by atoms with Gasteiger partial charge in [-0.3, -0.25) is 0 Å². The first-order valence-electron chi connectivity index (χ1n) is 6.12. The summed E-state index contributed by atoms with van der Waals surface area (Å²) < 4.78 is 3.26. The van der Waals surface area contributed by atoms with E-state index < -0.39 is 18.4 Å². The third-order valence-electron chi connectivity index (χ3n) is 2.91. The summed E-state index contributed by atoms with van der Waals surface area (Å²) >= 11 is -1.48. The molecule has 0 atom stereocenters. The van der Waals surface area contributed by atoms with Gasteiger partial charge in [0.2, 0.25) is 0 Å². The van der Waals surface area contributed by atoms with Crippen LogP contribution < -0.4 is 0 Å². The van der Waals surface area contributed by atoms with E-state index in [0.29, 0.717) is 0 Å². The Labute approximate surface area is 89.4 Å². The minimum atomic E-state index is -1.48. The Hall–Kier alpha value is 0.799.